The van der Waals surface area contributed by atoms with Gasteiger partial charge in [0.25, 0.3) is 0 Å². The Kier molecular flexibility index (Phi) is 13.7. The third kappa shape index (κ3) is 11.5. The molecular formula is C34H47N5O11. The highest BCUT2D eigenvalue weighted by Gasteiger charge is 2.42. The van der Waals surface area contributed by atoms with Crippen LogP contribution in [0.5, 0.6) is 0 Å². The normalized spacial score (nSPS) is 14.9. The van der Waals surface area contributed by atoms with Crippen LogP contribution in [0.3, 0.4) is 0 Å². The third-order valence-electron chi connectivity index (χ3n) is 7.53. The van der Waals surface area contributed by atoms with Gasteiger partial charge >= 0.3 is 24.0 Å². The minimum atomic E-state index is -1.06. The summed E-state index contributed by atoms with van der Waals surface area (Å²) in [6, 6.07) is 4.66. The van der Waals surface area contributed by atoms with Crippen molar-refractivity contribution in [3.63, 3.8) is 0 Å². The van der Waals surface area contributed by atoms with Gasteiger partial charge in [0, 0.05) is 18.7 Å². The molecule has 2 heterocycles. The highest BCUT2D eigenvalue weighted by Crippen LogP contribution is 2.24. The lowest BCUT2D eigenvalue weighted by Crippen LogP contribution is -2.56. The second-order valence-electron chi connectivity index (χ2n) is 13.2. The number of alkyl carbamates (subject to hydrolysis) is 1. The molecule has 50 heavy (non-hydrogen) atoms. The van der Waals surface area contributed by atoms with Gasteiger partial charge in [-0.05, 0) is 65.4 Å². The number of hydrogen-bond donors (Lipinski definition) is 3. The molecule has 0 aliphatic carbocycles. The molecule has 1 aromatic heterocycles. The predicted molar refractivity (Wildman–Crippen MR) is 178 cm³/mol. The molecule has 16 heteroatoms. The van der Waals surface area contributed by atoms with Gasteiger partial charge in [0.2, 0.25) is 11.8 Å². The maximum absolute atomic E-state index is 14.1. The molecule has 16 nitrogen and oxygen atoms in total. The van der Waals surface area contributed by atoms with E-state index in [1.165, 1.54) is 11.8 Å². The first-order valence-electron chi connectivity index (χ1n) is 16.4. The number of benzene rings is 1. The van der Waals surface area contributed by atoms with Crippen LogP contribution in [0.2, 0.25) is 0 Å². The number of carbonyl (C=O) groups excluding carboxylic acids is 5. The molecule has 1 aliphatic rings. The van der Waals surface area contributed by atoms with E-state index in [0.29, 0.717) is 30.5 Å². The average molecular weight is 702 g/mol. The molecule has 3 N–H and O–H groups in total. The molecule has 0 saturated carbocycles. The number of carbonyl (C=O) groups is 5. The van der Waals surface area contributed by atoms with Gasteiger partial charge in [-0.2, -0.15) is 0 Å². The van der Waals surface area contributed by atoms with E-state index in [0.717, 1.165) is 4.90 Å². The van der Waals surface area contributed by atoms with Crippen LogP contribution in [0.25, 0.3) is 0 Å². The summed E-state index contributed by atoms with van der Waals surface area (Å²) < 4.78 is 25.1. The number of nitrogens with one attached hydrogen (secondary N) is 3. The summed E-state index contributed by atoms with van der Waals surface area (Å²) in [4.78, 5) is 79.1. The van der Waals surface area contributed by atoms with Gasteiger partial charge in [-0.15, -0.1) is 0 Å². The number of amides is 4. The molecule has 1 aliphatic heterocycles. The van der Waals surface area contributed by atoms with Crippen LogP contribution in [-0.4, -0.2) is 83.0 Å². The van der Waals surface area contributed by atoms with E-state index in [1.807, 2.05) is 13.8 Å². The molecule has 1 saturated heterocycles. The first kappa shape index (κ1) is 39.3. The van der Waals surface area contributed by atoms with Crippen LogP contribution in [0.15, 0.2) is 37.9 Å². The Morgan fingerprint density at radius 1 is 1.08 bits per heavy atom. The van der Waals surface area contributed by atoms with E-state index in [-0.39, 0.29) is 55.4 Å². The van der Waals surface area contributed by atoms with Crippen molar-refractivity contribution in [3.8, 4) is 0 Å². The Labute approximate surface area is 290 Å². The number of ether oxygens (including phenoxy) is 3. The van der Waals surface area contributed by atoms with Gasteiger partial charge in [0.15, 0.2) is 18.1 Å². The highest BCUT2D eigenvalue weighted by atomic mass is 16.6. The number of amidine groups is 1. The van der Waals surface area contributed by atoms with E-state index >= 15 is 0 Å². The molecule has 0 spiro atoms. The summed E-state index contributed by atoms with van der Waals surface area (Å²) in [5.41, 5.74) is 0.180. The Balaban J connectivity index is 1.64. The topological polar surface area (TPSA) is 211 Å². The van der Waals surface area contributed by atoms with E-state index in [2.05, 4.69) is 10.6 Å². The van der Waals surface area contributed by atoms with E-state index in [4.69, 9.17) is 28.5 Å². The summed E-state index contributed by atoms with van der Waals surface area (Å²) in [6.07, 6.45) is -0.535. The van der Waals surface area contributed by atoms with Gasteiger partial charge in [-0.25, -0.2) is 14.4 Å². The Morgan fingerprint density at radius 3 is 2.34 bits per heavy atom. The maximum atomic E-state index is 14.1. The molecule has 2 atom stereocenters. The van der Waals surface area contributed by atoms with Crippen LogP contribution in [0.1, 0.15) is 83.5 Å². The van der Waals surface area contributed by atoms with Crippen molar-refractivity contribution in [1.29, 1.82) is 5.41 Å². The van der Waals surface area contributed by atoms with Gasteiger partial charge < -0.3 is 33.3 Å². The minimum absolute atomic E-state index is 0.0354. The number of hydrogen-bond acceptors (Lipinski definition) is 12. The Bertz CT molecular complexity index is 1590. The number of likely N-dealkylation sites (tertiary alicyclic amines) is 1. The number of aryl methyl sites for hydroxylation is 1. The Hall–Kier alpha value is -5.15. The SMILES string of the molecule is CCOC(=O)CN(C(=O)OC(C)(C)C)[C@H](CC(C)C)C(=O)N1CCC[C@H]1C(=O)NCc1ccc(C(=N)NC(=O)OCc2oc(=O)oc2C)cc1. The van der Waals surface area contributed by atoms with Gasteiger partial charge in [0.05, 0.1) is 6.61 Å². The Morgan fingerprint density at radius 2 is 1.76 bits per heavy atom. The van der Waals surface area contributed by atoms with Crippen molar-refractivity contribution < 1.29 is 47.0 Å². The molecule has 0 unspecified atom stereocenters. The monoisotopic (exact) mass is 701 g/mol. The fourth-order valence-electron chi connectivity index (χ4n) is 5.21. The van der Waals surface area contributed by atoms with Gasteiger partial charge in [0.1, 0.15) is 30.1 Å². The largest absolute Gasteiger partial charge is 0.519 e. The first-order valence-corrected chi connectivity index (χ1v) is 16.4. The van der Waals surface area contributed by atoms with Crippen molar-refractivity contribution in [2.24, 2.45) is 5.92 Å². The molecule has 0 bridgehead atoms. The maximum Gasteiger partial charge on any atom is 0.519 e. The molecule has 274 valence electrons. The minimum Gasteiger partial charge on any atom is -0.465 e. The van der Waals surface area contributed by atoms with Crippen molar-refractivity contribution in [1.82, 2.24) is 20.4 Å². The number of nitrogens with zero attached hydrogens (tertiary/aromatic N) is 2. The molecule has 1 fully saturated rings. The van der Waals surface area contributed by atoms with E-state index < -0.39 is 54.1 Å². The quantitative estimate of drug-likeness (QED) is 0.119. The smallest absolute Gasteiger partial charge is 0.465 e. The first-order chi connectivity index (χ1) is 23.5. The fourth-order valence-corrected chi connectivity index (χ4v) is 5.21. The van der Waals surface area contributed by atoms with Crippen LogP contribution in [0.4, 0.5) is 9.59 Å². The third-order valence-corrected chi connectivity index (χ3v) is 7.53. The van der Waals surface area contributed by atoms with Crippen molar-refractivity contribution in [3.05, 3.63) is 57.5 Å². The van der Waals surface area contributed by atoms with Crippen molar-refractivity contribution in [2.75, 3.05) is 19.7 Å². The molecule has 1 aromatic carbocycles. The number of esters is 1. The van der Waals surface area contributed by atoms with E-state index in [9.17, 15) is 28.8 Å². The summed E-state index contributed by atoms with van der Waals surface area (Å²) >= 11 is 0. The van der Waals surface area contributed by atoms with Crippen LogP contribution < -0.4 is 16.5 Å². The molecule has 0 radical (unpaired) electrons. The molecule has 3 rings (SSSR count). The summed E-state index contributed by atoms with van der Waals surface area (Å²) in [6.45, 7) is 11.7. The molecule has 2 aromatic rings. The van der Waals surface area contributed by atoms with Crippen molar-refractivity contribution in [2.45, 2.75) is 98.6 Å². The zero-order valence-electron chi connectivity index (χ0n) is 29.6. The number of rotatable bonds is 13. The standard InChI is InChI=1S/C34H47N5O11/c1-8-46-27(40)18-39(32(44)50-34(5,6)7)25(16-20(2)3)30(42)38-15-9-10-24(38)29(41)36-17-22-11-13-23(14-12-22)28(35)37-31(43)47-19-26-21(4)48-33(45)49-26/h11-14,20,24-25H,8-10,15-19H2,1-7H3,(H,36,41)(H2,35,37,43)/t24-,25+/m0/s1. The second kappa shape index (κ2) is 17.5. The zero-order chi connectivity index (χ0) is 37.2. The van der Waals surface area contributed by atoms with Gasteiger partial charge in [-0.1, -0.05) is 38.1 Å². The average Bonchev–Trinajstić information content (AvgIpc) is 3.65. The fraction of sp³-hybridized carbons (Fsp3) is 0.559. The van der Waals surface area contributed by atoms with Crippen LogP contribution in [0, 0.1) is 18.3 Å². The lowest BCUT2D eigenvalue weighted by Gasteiger charge is -2.36. The zero-order valence-corrected chi connectivity index (χ0v) is 29.6. The summed E-state index contributed by atoms with van der Waals surface area (Å²) in [7, 11) is 0. The lowest BCUT2D eigenvalue weighted by molar-refractivity contribution is -0.148. The van der Waals surface area contributed by atoms with Crippen molar-refractivity contribution >= 4 is 35.8 Å². The molecular weight excluding hydrogens is 654 g/mol. The summed E-state index contributed by atoms with van der Waals surface area (Å²) in [5, 5.41) is 13.3. The highest BCUT2D eigenvalue weighted by molar-refractivity contribution is 6.04. The van der Waals surface area contributed by atoms with E-state index in [1.54, 1.807) is 52.0 Å². The summed E-state index contributed by atoms with van der Waals surface area (Å²) in [5.74, 6) is -2.46. The van der Waals surface area contributed by atoms with Crippen LogP contribution >= 0.6 is 0 Å². The van der Waals surface area contributed by atoms with Gasteiger partial charge in [-0.3, -0.25) is 30.0 Å². The lowest BCUT2D eigenvalue weighted by atomic mass is 10.0. The molecule has 4 amide bonds. The predicted octanol–water partition coefficient (Wildman–Crippen LogP) is 3.62. The second-order valence-corrected chi connectivity index (χ2v) is 13.2. The van der Waals surface area contributed by atoms with Crippen LogP contribution in [-0.2, 0) is 41.7 Å².